The number of nitrogens with two attached hydrogens (primary N) is 1. The molecule has 16 heavy (non-hydrogen) atoms. The van der Waals surface area contributed by atoms with Gasteiger partial charge in [0.25, 0.3) is 0 Å². The third-order valence-electron chi connectivity index (χ3n) is 2.68. The number of benzene rings is 1. The predicted molar refractivity (Wildman–Crippen MR) is 76.3 cm³/mol. The Morgan fingerprint density at radius 1 is 1.44 bits per heavy atom. The van der Waals surface area contributed by atoms with E-state index in [9.17, 15) is 0 Å². The average Bonchev–Trinajstić information content (AvgIpc) is 2.25. The maximum Gasteiger partial charge on any atom is 0.0392 e. The molecule has 1 atom stereocenters. The molecular formula is C13H22N2S. The number of thioether (sulfide) groups is 1. The Hall–Kier alpha value is -0.830. The van der Waals surface area contributed by atoms with Crippen LogP contribution in [0.2, 0.25) is 0 Å². The van der Waals surface area contributed by atoms with E-state index in [1.807, 2.05) is 23.9 Å². The van der Waals surface area contributed by atoms with Crippen LogP contribution >= 0.6 is 11.8 Å². The third-order valence-corrected chi connectivity index (χ3v) is 3.61. The van der Waals surface area contributed by atoms with Crippen molar-refractivity contribution in [3.8, 4) is 0 Å². The monoisotopic (exact) mass is 238 g/mol. The minimum atomic E-state index is 0.500. The van der Waals surface area contributed by atoms with Crippen molar-refractivity contribution in [1.82, 2.24) is 0 Å². The summed E-state index contributed by atoms with van der Waals surface area (Å²) in [6, 6.07) is 6.53. The van der Waals surface area contributed by atoms with Crippen LogP contribution in [-0.2, 0) is 0 Å². The van der Waals surface area contributed by atoms with Crippen LogP contribution in [0.4, 0.5) is 11.4 Å². The first-order valence-electron chi connectivity index (χ1n) is 5.84. The molecule has 1 aromatic carbocycles. The fraction of sp³-hybridized carbons (Fsp3) is 0.538. The van der Waals surface area contributed by atoms with E-state index in [-0.39, 0.29) is 0 Å². The van der Waals surface area contributed by atoms with Crippen LogP contribution in [0, 0.1) is 6.92 Å². The van der Waals surface area contributed by atoms with Crippen LogP contribution in [0.5, 0.6) is 0 Å². The van der Waals surface area contributed by atoms with Crippen LogP contribution in [0.15, 0.2) is 18.2 Å². The van der Waals surface area contributed by atoms with Crippen molar-refractivity contribution in [1.29, 1.82) is 0 Å². The summed E-state index contributed by atoms with van der Waals surface area (Å²) in [5.74, 6) is 2.41. The standard InChI is InChI=1S/C13H22N2S/c1-4-16-9-8-10(2)15-13-7-5-6-12(14)11(13)3/h5-7,10,15H,4,8-9,14H2,1-3H3. The van der Waals surface area contributed by atoms with Gasteiger partial charge in [-0.15, -0.1) is 0 Å². The molecule has 1 unspecified atom stereocenters. The molecule has 0 heterocycles. The second-order valence-corrected chi connectivity index (χ2v) is 5.44. The maximum absolute atomic E-state index is 5.87. The normalized spacial score (nSPS) is 12.4. The van der Waals surface area contributed by atoms with Gasteiger partial charge in [0, 0.05) is 17.4 Å². The summed E-state index contributed by atoms with van der Waals surface area (Å²) in [4.78, 5) is 0. The van der Waals surface area contributed by atoms with Gasteiger partial charge in [-0.25, -0.2) is 0 Å². The molecule has 0 radical (unpaired) electrons. The molecule has 0 spiro atoms. The first kappa shape index (κ1) is 13.2. The zero-order chi connectivity index (χ0) is 12.0. The molecule has 1 rings (SSSR count). The van der Waals surface area contributed by atoms with Crippen molar-refractivity contribution in [2.45, 2.75) is 33.2 Å². The molecule has 1 aromatic rings. The van der Waals surface area contributed by atoms with E-state index in [2.05, 4.69) is 32.2 Å². The minimum absolute atomic E-state index is 0.500. The van der Waals surface area contributed by atoms with Gasteiger partial charge >= 0.3 is 0 Å². The van der Waals surface area contributed by atoms with E-state index in [0.29, 0.717) is 6.04 Å². The van der Waals surface area contributed by atoms with Crippen molar-refractivity contribution in [3.63, 3.8) is 0 Å². The lowest BCUT2D eigenvalue weighted by molar-refractivity contribution is 0.771. The minimum Gasteiger partial charge on any atom is -0.398 e. The summed E-state index contributed by atoms with van der Waals surface area (Å²) >= 11 is 1.99. The molecule has 0 aliphatic carbocycles. The largest absolute Gasteiger partial charge is 0.398 e. The Labute approximate surface area is 103 Å². The Morgan fingerprint density at radius 2 is 2.19 bits per heavy atom. The van der Waals surface area contributed by atoms with Gasteiger partial charge in [-0.3, -0.25) is 0 Å². The first-order valence-corrected chi connectivity index (χ1v) is 7.00. The number of hydrogen-bond acceptors (Lipinski definition) is 3. The molecule has 2 nitrogen and oxygen atoms in total. The van der Waals surface area contributed by atoms with Crippen LogP contribution in [0.1, 0.15) is 25.8 Å². The number of nitrogens with one attached hydrogen (secondary N) is 1. The summed E-state index contributed by atoms with van der Waals surface area (Å²) in [6.07, 6.45) is 1.19. The van der Waals surface area contributed by atoms with Crippen LogP contribution in [0.3, 0.4) is 0 Å². The van der Waals surface area contributed by atoms with E-state index in [0.717, 1.165) is 16.9 Å². The summed E-state index contributed by atoms with van der Waals surface area (Å²) in [5, 5.41) is 3.52. The van der Waals surface area contributed by atoms with E-state index in [4.69, 9.17) is 5.73 Å². The molecule has 3 heteroatoms. The molecule has 90 valence electrons. The fourth-order valence-corrected chi connectivity index (χ4v) is 2.36. The Morgan fingerprint density at radius 3 is 2.88 bits per heavy atom. The second-order valence-electron chi connectivity index (χ2n) is 4.05. The molecule has 0 amide bonds. The summed E-state index contributed by atoms with van der Waals surface area (Å²) < 4.78 is 0. The van der Waals surface area contributed by atoms with Crippen molar-refractivity contribution < 1.29 is 0 Å². The summed E-state index contributed by atoms with van der Waals surface area (Å²) in [5.41, 5.74) is 9.05. The SMILES string of the molecule is CCSCCC(C)Nc1cccc(N)c1C. The predicted octanol–water partition coefficient (Wildman–Crippen LogP) is 3.52. The van der Waals surface area contributed by atoms with Gasteiger partial charge in [0.05, 0.1) is 0 Å². The van der Waals surface area contributed by atoms with Crippen LogP contribution < -0.4 is 11.1 Å². The van der Waals surface area contributed by atoms with E-state index in [1.165, 1.54) is 17.9 Å². The molecule has 0 aromatic heterocycles. The molecule has 0 aliphatic rings. The van der Waals surface area contributed by atoms with Crippen molar-refractivity contribution >= 4 is 23.1 Å². The lowest BCUT2D eigenvalue weighted by atomic mass is 10.1. The lowest BCUT2D eigenvalue weighted by Gasteiger charge is -2.17. The number of anilines is 2. The van der Waals surface area contributed by atoms with Gasteiger partial charge in [0.15, 0.2) is 0 Å². The Kier molecular flexibility index (Phi) is 5.53. The van der Waals surface area contributed by atoms with Gasteiger partial charge in [0.2, 0.25) is 0 Å². The summed E-state index contributed by atoms with van der Waals surface area (Å²) in [7, 11) is 0. The molecule has 0 bridgehead atoms. The highest BCUT2D eigenvalue weighted by Crippen LogP contribution is 2.21. The van der Waals surface area contributed by atoms with Gasteiger partial charge in [0.1, 0.15) is 0 Å². The van der Waals surface area contributed by atoms with Crippen LogP contribution in [-0.4, -0.2) is 17.5 Å². The van der Waals surface area contributed by atoms with E-state index < -0.39 is 0 Å². The van der Waals surface area contributed by atoms with Gasteiger partial charge in [-0.1, -0.05) is 13.0 Å². The van der Waals surface area contributed by atoms with Crippen molar-refractivity contribution in [2.24, 2.45) is 0 Å². The highest BCUT2D eigenvalue weighted by molar-refractivity contribution is 7.99. The number of rotatable bonds is 6. The van der Waals surface area contributed by atoms with Gasteiger partial charge < -0.3 is 11.1 Å². The highest BCUT2D eigenvalue weighted by Gasteiger charge is 2.05. The fourth-order valence-electron chi connectivity index (χ4n) is 1.55. The van der Waals surface area contributed by atoms with E-state index >= 15 is 0 Å². The Balaban J connectivity index is 2.49. The maximum atomic E-state index is 5.87. The first-order chi connectivity index (χ1) is 7.65. The molecule has 0 aliphatic heterocycles. The lowest BCUT2D eigenvalue weighted by Crippen LogP contribution is -2.17. The second kappa shape index (κ2) is 6.69. The zero-order valence-corrected chi connectivity index (χ0v) is 11.2. The number of hydrogen-bond donors (Lipinski definition) is 2. The highest BCUT2D eigenvalue weighted by atomic mass is 32.2. The number of nitrogen functional groups attached to an aromatic ring is 1. The van der Waals surface area contributed by atoms with E-state index in [1.54, 1.807) is 0 Å². The molecule has 0 saturated heterocycles. The molecule has 0 fully saturated rings. The molecular weight excluding hydrogens is 216 g/mol. The Bertz CT molecular complexity index is 326. The van der Waals surface area contributed by atoms with Gasteiger partial charge in [-0.05, 0) is 49.5 Å². The zero-order valence-electron chi connectivity index (χ0n) is 10.4. The smallest absolute Gasteiger partial charge is 0.0392 e. The topological polar surface area (TPSA) is 38.0 Å². The van der Waals surface area contributed by atoms with Gasteiger partial charge in [-0.2, -0.15) is 11.8 Å². The molecule has 3 N–H and O–H groups in total. The van der Waals surface area contributed by atoms with Crippen LogP contribution in [0.25, 0.3) is 0 Å². The van der Waals surface area contributed by atoms with Crippen molar-refractivity contribution in [3.05, 3.63) is 23.8 Å². The quantitative estimate of drug-likeness (QED) is 0.588. The van der Waals surface area contributed by atoms with Crippen molar-refractivity contribution in [2.75, 3.05) is 22.6 Å². The third kappa shape index (κ3) is 3.97. The molecule has 0 saturated carbocycles. The summed E-state index contributed by atoms with van der Waals surface area (Å²) in [6.45, 7) is 6.48. The average molecular weight is 238 g/mol.